The molecule has 104 valence electrons. The molecule has 1 amide bonds. The third kappa shape index (κ3) is 2.80. The van der Waals surface area contributed by atoms with Gasteiger partial charge >= 0.3 is 5.97 Å². The Morgan fingerprint density at radius 3 is 2.89 bits per heavy atom. The number of likely N-dealkylation sites (tertiary alicyclic amines) is 1. The summed E-state index contributed by atoms with van der Waals surface area (Å²) in [6.07, 6.45) is 3.23. The number of aliphatic carboxylic acids is 1. The molecule has 0 saturated carbocycles. The number of hydrogen-bond donors (Lipinski definition) is 1. The lowest BCUT2D eigenvalue weighted by Crippen LogP contribution is -2.46. The van der Waals surface area contributed by atoms with Crippen LogP contribution in [0.5, 0.6) is 0 Å². The van der Waals surface area contributed by atoms with Gasteiger partial charge in [-0.15, -0.1) is 0 Å². The summed E-state index contributed by atoms with van der Waals surface area (Å²) in [5.41, 5.74) is 0.378. The van der Waals surface area contributed by atoms with Crippen LogP contribution < -0.4 is 0 Å². The van der Waals surface area contributed by atoms with E-state index in [2.05, 4.69) is 6.92 Å². The summed E-state index contributed by atoms with van der Waals surface area (Å²) in [4.78, 5) is 25.1. The number of rotatable bonds is 3. The van der Waals surface area contributed by atoms with Crippen molar-refractivity contribution in [2.75, 3.05) is 6.54 Å². The van der Waals surface area contributed by atoms with Crippen molar-refractivity contribution in [3.8, 4) is 0 Å². The maximum Gasteiger partial charge on any atom is 0.311 e. The van der Waals surface area contributed by atoms with Gasteiger partial charge in [0.1, 0.15) is 12.2 Å². The van der Waals surface area contributed by atoms with Crippen LogP contribution in [0.4, 0.5) is 0 Å². The second-order valence-corrected chi connectivity index (χ2v) is 5.19. The summed E-state index contributed by atoms with van der Waals surface area (Å²) < 4.78 is 5.12. The van der Waals surface area contributed by atoms with Crippen molar-refractivity contribution in [2.45, 2.75) is 39.2 Å². The van der Waals surface area contributed by atoms with E-state index in [4.69, 9.17) is 9.52 Å². The molecule has 0 bridgehead atoms. The van der Waals surface area contributed by atoms with Gasteiger partial charge < -0.3 is 14.4 Å². The highest BCUT2D eigenvalue weighted by Gasteiger charge is 2.31. The average Bonchev–Trinajstić information content (AvgIpc) is 2.79. The molecule has 1 fully saturated rings. The molecule has 19 heavy (non-hydrogen) atoms. The first kappa shape index (κ1) is 13.6. The SMILES string of the molecule is CC1CCCN(C(=O)c2ccoc2CC(=O)O)C1C. The van der Waals surface area contributed by atoms with Crippen molar-refractivity contribution in [2.24, 2.45) is 5.92 Å². The van der Waals surface area contributed by atoms with Crippen molar-refractivity contribution in [1.82, 2.24) is 4.90 Å². The molecule has 1 aliphatic heterocycles. The zero-order chi connectivity index (χ0) is 14.0. The van der Waals surface area contributed by atoms with Crippen LogP contribution in [0.15, 0.2) is 16.7 Å². The number of carboxylic acid groups (broad SMARTS) is 1. The maximum absolute atomic E-state index is 12.5. The molecule has 5 nitrogen and oxygen atoms in total. The van der Waals surface area contributed by atoms with Gasteiger partial charge in [-0.3, -0.25) is 9.59 Å². The molecule has 1 N–H and O–H groups in total. The van der Waals surface area contributed by atoms with Crippen molar-refractivity contribution >= 4 is 11.9 Å². The number of carbonyl (C=O) groups excluding carboxylic acids is 1. The molecule has 2 rings (SSSR count). The van der Waals surface area contributed by atoms with E-state index in [-0.39, 0.29) is 24.1 Å². The first-order valence-electron chi connectivity index (χ1n) is 6.60. The molecule has 2 atom stereocenters. The molecule has 5 heteroatoms. The van der Waals surface area contributed by atoms with Crippen molar-refractivity contribution in [1.29, 1.82) is 0 Å². The Kier molecular flexibility index (Phi) is 3.93. The molecule has 1 saturated heterocycles. The van der Waals surface area contributed by atoms with Crippen LogP contribution in [0.1, 0.15) is 42.8 Å². The van der Waals surface area contributed by atoms with Gasteiger partial charge in [0.25, 0.3) is 5.91 Å². The molecule has 0 radical (unpaired) electrons. The Hall–Kier alpha value is -1.78. The largest absolute Gasteiger partial charge is 0.481 e. The molecular weight excluding hydrogens is 246 g/mol. The minimum atomic E-state index is -0.996. The predicted molar refractivity (Wildman–Crippen MR) is 68.9 cm³/mol. The fourth-order valence-corrected chi connectivity index (χ4v) is 2.58. The summed E-state index contributed by atoms with van der Waals surface area (Å²) in [7, 11) is 0. The van der Waals surface area contributed by atoms with Gasteiger partial charge in [0.05, 0.1) is 11.8 Å². The van der Waals surface area contributed by atoms with Crippen LogP contribution >= 0.6 is 0 Å². The van der Waals surface area contributed by atoms with Crippen LogP contribution in [-0.2, 0) is 11.2 Å². The number of nitrogens with zero attached hydrogens (tertiary/aromatic N) is 1. The molecular formula is C14H19NO4. The summed E-state index contributed by atoms with van der Waals surface area (Å²) in [5, 5.41) is 8.81. The van der Waals surface area contributed by atoms with Crippen LogP contribution in [0, 0.1) is 5.92 Å². The summed E-state index contributed by atoms with van der Waals surface area (Å²) in [6.45, 7) is 4.90. The van der Waals surface area contributed by atoms with E-state index >= 15 is 0 Å². The number of amides is 1. The molecule has 0 aromatic carbocycles. The number of furan rings is 1. The molecule has 2 unspecified atom stereocenters. The zero-order valence-corrected chi connectivity index (χ0v) is 11.3. The van der Waals surface area contributed by atoms with Crippen molar-refractivity contribution in [3.63, 3.8) is 0 Å². The third-order valence-electron chi connectivity index (χ3n) is 3.92. The van der Waals surface area contributed by atoms with E-state index in [0.29, 0.717) is 11.5 Å². The molecule has 1 aliphatic rings. The van der Waals surface area contributed by atoms with Gasteiger partial charge in [-0.25, -0.2) is 0 Å². The Labute approximate surface area is 112 Å². The zero-order valence-electron chi connectivity index (χ0n) is 11.3. The standard InChI is InChI=1S/C14H19NO4/c1-9-4-3-6-15(10(9)2)14(18)11-5-7-19-12(11)8-13(16)17/h5,7,9-10H,3-4,6,8H2,1-2H3,(H,16,17). The Morgan fingerprint density at radius 2 is 2.21 bits per heavy atom. The van der Waals surface area contributed by atoms with E-state index < -0.39 is 5.97 Å². The van der Waals surface area contributed by atoms with E-state index in [1.807, 2.05) is 11.8 Å². The van der Waals surface area contributed by atoms with Crippen molar-refractivity contribution in [3.05, 3.63) is 23.7 Å². The minimum absolute atomic E-state index is 0.121. The highest BCUT2D eigenvalue weighted by atomic mass is 16.4. The number of carboxylic acids is 1. The quantitative estimate of drug-likeness (QED) is 0.909. The normalized spacial score (nSPS) is 23.4. The minimum Gasteiger partial charge on any atom is -0.481 e. The Balaban J connectivity index is 2.19. The monoisotopic (exact) mass is 265 g/mol. The third-order valence-corrected chi connectivity index (χ3v) is 3.92. The van der Waals surface area contributed by atoms with Gasteiger partial charge in [0, 0.05) is 12.6 Å². The highest BCUT2D eigenvalue weighted by Crippen LogP contribution is 2.25. The lowest BCUT2D eigenvalue weighted by Gasteiger charge is -2.37. The number of hydrogen-bond acceptors (Lipinski definition) is 3. The van der Waals surface area contributed by atoms with Gasteiger partial charge in [0.15, 0.2) is 0 Å². The predicted octanol–water partition coefficient (Wildman–Crippen LogP) is 2.17. The first-order chi connectivity index (χ1) is 9.00. The lowest BCUT2D eigenvalue weighted by atomic mass is 9.91. The van der Waals surface area contributed by atoms with Gasteiger partial charge in [-0.1, -0.05) is 6.92 Å². The van der Waals surface area contributed by atoms with E-state index in [0.717, 1.165) is 19.4 Å². The fraction of sp³-hybridized carbons (Fsp3) is 0.571. The molecule has 2 heterocycles. The smallest absolute Gasteiger partial charge is 0.311 e. The average molecular weight is 265 g/mol. The summed E-state index contributed by atoms with van der Waals surface area (Å²) >= 11 is 0. The summed E-state index contributed by atoms with van der Waals surface area (Å²) in [6, 6.07) is 1.74. The maximum atomic E-state index is 12.5. The Morgan fingerprint density at radius 1 is 1.47 bits per heavy atom. The van der Waals surface area contributed by atoms with Crippen LogP contribution in [0.3, 0.4) is 0 Å². The summed E-state index contributed by atoms with van der Waals surface area (Å²) in [5.74, 6) is -0.413. The molecule has 0 aliphatic carbocycles. The lowest BCUT2D eigenvalue weighted by molar-refractivity contribution is -0.136. The van der Waals surface area contributed by atoms with Crippen LogP contribution in [-0.4, -0.2) is 34.5 Å². The van der Waals surface area contributed by atoms with Crippen molar-refractivity contribution < 1.29 is 19.1 Å². The molecule has 1 aromatic heterocycles. The number of carbonyl (C=O) groups is 2. The van der Waals surface area contributed by atoms with Gasteiger partial charge in [-0.05, 0) is 31.7 Å². The topological polar surface area (TPSA) is 70.8 Å². The van der Waals surface area contributed by atoms with E-state index in [1.165, 1.54) is 6.26 Å². The van der Waals surface area contributed by atoms with Gasteiger partial charge in [-0.2, -0.15) is 0 Å². The van der Waals surface area contributed by atoms with Gasteiger partial charge in [0.2, 0.25) is 0 Å². The van der Waals surface area contributed by atoms with Crippen LogP contribution in [0.2, 0.25) is 0 Å². The van der Waals surface area contributed by atoms with E-state index in [1.54, 1.807) is 6.07 Å². The molecule has 0 spiro atoms. The fourth-order valence-electron chi connectivity index (χ4n) is 2.58. The molecule has 1 aromatic rings. The second-order valence-electron chi connectivity index (χ2n) is 5.19. The first-order valence-corrected chi connectivity index (χ1v) is 6.60. The number of piperidine rings is 1. The van der Waals surface area contributed by atoms with E-state index in [9.17, 15) is 9.59 Å². The van der Waals surface area contributed by atoms with Crippen LogP contribution in [0.25, 0.3) is 0 Å². The Bertz CT molecular complexity index is 480. The highest BCUT2D eigenvalue weighted by molar-refractivity contribution is 5.96. The second kappa shape index (κ2) is 5.47.